The number of benzene rings is 3. The molecule has 3 aromatic rings. The molecule has 3 aromatic carbocycles. The van der Waals surface area contributed by atoms with Crippen molar-refractivity contribution in [1.82, 2.24) is 0 Å². The Kier molecular flexibility index (Phi) is 5.22. The largest absolute Gasteiger partial charge is 0.375 e. The van der Waals surface area contributed by atoms with Gasteiger partial charge in [-0.25, -0.2) is 0 Å². The molecule has 0 radical (unpaired) electrons. The Hall–Kier alpha value is -2.95. The highest BCUT2D eigenvalue weighted by Gasteiger charge is 2.50. The molecule has 1 heterocycles. The zero-order valence-corrected chi connectivity index (χ0v) is 17.6. The van der Waals surface area contributed by atoms with Gasteiger partial charge >= 0.3 is 0 Å². The summed E-state index contributed by atoms with van der Waals surface area (Å²) in [6.45, 7) is 4.05. The van der Waals surface area contributed by atoms with Crippen molar-refractivity contribution < 1.29 is 14.7 Å². The molecule has 1 N–H and O–H groups in total. The standard InChI is InChI=1S/C25H22ClNO3/c1-16-7-8-17(2)20(13-16)23(28)14-25(30)21-5-3-4-6-22(21)27(24(25)29)15-18-9-11-19(26)12-10-18/h3-13,30H,14-15H2,1-2H3/t25-/m0/s1. The number of Topliss-reactive ketones (excluding diaryl/α,β-unsaturated/α-hetero) is 1. The second kappa shape index (κ2) is 7.71. The molecule has 0 saturated heterocycles. The maximum Gasteiger partial charge on any atom is 0.264 e. The third-order valence-electron chi connectivity index (χ3n) is 5.60. The van der Waals surface area contributed by atoms with Crippen LogP contribution in [0.5, 0.6) is 0 Å². The highest BCUT2D eigenvalue weighted by molar-refractivity contribution is 6.30. The van der Waals surface area contributed by atoms with E-state index in [1.165, 1.54) is 4.90 Å². The Labute approximate surface area is 180 Å². The maximum absolute atomic E-state index is 13.4. The summed E-state index contributed by atoms with van der Waals surface area (Å²) in [4.78, 5) is 28.0. The smallest absolute Gasteiger partial charge is 0.264 e. The molecule has 0 aliphatic carbocycles. The average Bonchev–Trinajstić information content (AvgIpc) is 2.93. The van der Waals surface area contributed by atoms with E-state index in [4.69, 9.17) is 11.6 Å². The van der Waals surface area contributed by atoms with Crippen LogP contribution in [-0.4, -0.2) is 16.8 Å². The number of carbonyl (C=O) groups excluding carboxylic acids is 2. The van der Waals surface area contributed by atoms with Crippen molar-refractivity contribution in [3.05, 3.63) is 99.6 Å². The van der Waals surface area contributed by atoms with Crippen molar-refractivity contribution in [2.75, 3.05) is 4.90 Å². The number of hydrogen-bond donors (Lipinski definition) is 1. The minimum Gasteiger partial charge on any atom is -0.375 e. The van der Waals surface area contributed by atoms with Gasteiger partial charge in [-0.3, -0.25) is 9.59 Å². The second-order valence-corrected chi connectivity index (χ2v) is 8.25. The number of anilines is 1. The molecule has 1 amide bonds. The monoisotopic (exact) mass is 419 g/mol. The Morgan fingerprint density at radius 2 is 1.73 bits per heavy atom. The highest BCUT2D eigenvalue weighted by atomic mass is 35.5. The first-order valence-electron chi connectivity index (χ1n) is 9.78. The van der Waals surface area contributed by atoms with E-state index in [9.17, 15) is 14.7 Å². The lowest BCUT2D eigenvalue weighted by atomic mass is 9.87. The lowest BCUT2D eigenvalue weighted by Gasteiger charge is -2.23. The molecule has 0 unspecified atom stereocenters. The number of carbonyl (C=O) groups is 2. The predicted octanol–water partition coefficient (Wildman–Crippen LogP) is 4.96. The summed E-state index contributed by atoms with van der Waals surface area (Å²) in [5.41, 5.74) is 2.38. The van der Waals surface area contributed by atoms with Gasteiger partial charge in [0.1, 0.15) is 0 Å². The van der Waals surface area contributed by atoms with Crippen LogP contribution < -0.4 is 4.90 Å². The summed E-state index contributed by atoms with van der Waals surface area (Å²) in [6.07, 6.45) is -0.301. The Bertz CT molecular complexity index is 1140. The fraction of sp³-hybridized carbons (Fsp3) is 0.200. The normalized spacial score (nSPS) is 17.9. The third-order valence-corrected chi connectivity index (χ3v) is 5.86. The zero-order chi connectivity index (χ0) is 21.5. The highest BCUT2D eigenvalue weighted by Crippen LogP contribution is 2.43. The molecule has 1 atom stereocenters. The molecule has 4 rings (SSSR count). The number of para-hydroxylation sites is 1. The van der Waals surface area contributed by atoms with E-state index in [-0.39, 0.29) is 18.7 Å². The minimum absolute atomic E-state index is 0.254. The molecular formula is C25H22ClNO3. The molecule has 5 heteroatoms. The fourth-order valence-corrected chi connectivity index (χ4v) is 4.10. The molecule has 1 aliphatic rings. The summed E-state index contributed by atoms with van der Waals surface area (Å²) >= 11 is 5.96. The van der Waals surface area contributed by atoms with Crippen LogP contribution in [0.2, 0.25) is 5.02 Å². The Morgan fingerprint density at radius 3 is 2.47 bits per heavy atom. The van der Waals surface area contributed by atoms with Gasteiger partial charge in [0.05, 0.1) is 18.7 Å². The van der Waals surface area contributed by atoms with Crippen LogP contribution >= 0.6 is 11.6 Å². The number of aliphatic hydroxyl groups is 1. The van der Waals surface area contributed by atoms with Crippen LogP contribution in [0.3, 0.4) is 0 Å². The molecule has 0 aromatic heterocycles. The van der Waals surface area contributed by atoms with Crippen molar-refractivity contribution in [2.45, 2.75) is 32.4 Å². The first kappa shape index (κ1) is 20.3. The van der Waals surface area contributed by atoms with Crippen LogP contribution in [0.1, 0.15) is 39.0 Å². The lowest BCUT2D eigenvalue weighted by molar-refractivity contribution is -0.136. The van der Waals surface area contributed by atoms with E-state index in [2.05, 4.69) is 0 Å². The SMILES string of the molecule is Cc1ccc(C)c(C(=O)C[C@@]2(O)C(=O)N(Cc3ccc(Cl)cc3)c3ccccc32)c1. The minimum atomic E-state index is -1.89. The number of rotatable bonds is 5. The molecule has 1 aliphatic heterocycles. The van der Waals surface area contributed by atoms with Gasteiger partial charge in [0.25, 0.3) is 5.91 Å². The van der Waals surface area contributed by atoms with Gasteiger partial charge in [0.2, 0.25) is 0 Å². The molecule has 0 saturated carbocycles. The molecule has 152 valence electrons. The Balaban J connectivity index is 1.69. The molecule has 0 bridgehead atoms. The number of aryl methyl sites for hydroxylation is 2. The van der Waals surface area contributed by atoms with E-state index < -0.39 is 11.5 Å². The number of ketones is 1. The van der Waals surface area contributed by atoms with Gasteiger partial charge in [-0.05, 0) is 49.2 Å². The van der Waals surface area contributed by atoms with Crippen molar-refractivity contribution in [1.29, 1.82) is 0 Å². The van der Waals surface area contributed by atoms with Gasteiger partial charge in [0, 0.05) is 16.1 Å². The number of halogens is 1. The summed E-state index contributed by atoms with van der Waals surface area (Å²) in [5, 5.41) is 12.1. The van der Waals surface area contributed by atoms with Crippen LogP contribution in [0.4, 0.5) is 5.69 Å². The van der Waals surface area contributed by atoms with Gasteiger partial charge in [-0.2, -0.15) is 0 Å². The number of nitrogens with zero attached hydrogens (tertiary/aromatic N) is 1. The van der Waals surface area contributed by atoms with E-state index in [1.807, 2.05) is 44.2 Å². The van der Waals surface area contributed by atoms with Crippen LogP contribution in [0.15, 0.2) is 66.7 Å². The molecule has 0 spiro atoms. The van der Waals surface area contributed by atoms with Gasteiger partial charge < -0.3 is 10.0 Å². The van der Waals surface area contributed by atoms with E-state index in [0.29, 0.717) is 21.8 Å². The predicted molar refractivity (Wildman–Crippen MR) is 118 cm³/mol. The Morgan fingerprint density at radius 1 is 1.03 bits per heavy atom. The van der Waals surface area contributed by atoms with Crippen molar-refractivity contribution >= 4 is 29.0 Å². The average molecular weight is 420 g/mol. The molecule has 4 nitrogen and oxygen atoms in total. The number of amides is 1. The van der Waals surface area contributed by atoms with Crippen LogP contribution in [0.25, 0.3) is 0 Å². The summed E-state index contributed by atoms with van der Waals surface area (Å²) in [6, 6.07) is 19.9. The molecule has 0 fully saturated rings. The third kappa shape index (κ3) is 3.53. The van der Waals surface area contributed by atoms with E-state index >= 15 is 0 Å². The molecule has 30 heavy (non-hydrogen) atoms. The number of hydrogen-bond acceptors (Lipinski definition) is 3. The van der Waals surface area contributed by atoms with Gasteiger partial charge in [-0.1, -0.05) is 59.6 Å². The van der Waals surface area contributed by atoms with Crippen LogP contribution in [0, 0.1) is 13.8 Å². The van der Waals surface area contributed by atoms with Crippen molar-refractivity contribution in [2.24, 2.45) is 0 Å². The fourth-order valence-electron chi connectivity index (χ4n) is 3.97. The van der Waals surface area contributed by atoms with E-state index in [0.717, 1.165) is 16.7 Å². The van der Waals surface area contributed by atoms with Crippen molar-refractivity contribution in [3.63, 3.8) is 0 Å². The van der Waals surface area contributed by atoms with Gasteiger partial charge in [-0.15, -0.1) is 0 Å². The topological polar surface area (TPSA) is 57.6 Å². The zero-order valence-electron chi connectivity index (χ0n) is 16.9. The second-order valence-electron chi connectivity index (χ2n) is 7.81. The number of fused-ring (bicyclic) bond motifs is 1. The summed E-state index contributed by atoms with van der Waals surface area (Å²) in [5.74, 6) is -0.743. The first-order valence-corrected chi connectivity index (χ1v) is 10.2. The van der Waals surface area contributed by atoms with Gasteiger partial charge in [0.15, 0.2) is 11.4 Å². The summed E-state index contributed by atoms with van der Waals surface area (Å²) in [7, 11) is 0. The van der Waals surface area contributed by atoms with Crippen LogP contribution in [-0.2, 0) is 16.9 Å². The molecular weight excluding hydrogens is 398 g/mol. The first-order chi connectivity index (χ1) is 14.3. The summed E-state index contributed by atoms with van der Waals surface area (Å²) < 4.78 is 0. The van der Waals surface area contributed by atoms with E-state index in [1.54, 1.807) is 36.4 Å². The lowest BCUT2D eigenvalue weighted by Crippen LogP contribution is -2.41. The van der Waals surface area contributed by atoms with Crippen molar-refractivity contribution in [3.8, 4) is 0 Å². The quantitative estimate of drug-likeness (QED) is 0.594. The maximum atomic E-state index is 13.4.